The van der Waals surface area contributed by atoms with Gasteiger partial charge < -0.3 is 10.2 Å². The van der Waals surface area contributed by atoms with Crippen LogP contribution in [0, 0.1) is 5.41 Å². The average Bonchev–Trinajstić information content (AvgIpc) is 2.93. The van der Waals surface area contributed by atoms with Gasteiger partial charge in [0, 0.05) is 6.42 Å². The number of aliphatic carboxylic acids is 2. The van der Waals surface area contributed by atoms with E-state index in [-0.39, 0.29) is 6.42 Å². The molecule has 0 heterocycles. The number of hydrogen-bond acceptors (Lipinski definition) is 2. The van der Waals surface area contributed by atoms with Crippen LogP contribution in [0.3, 0.4) is 0 Å². The summed E-state index contributed by atoms with van der Waals surface area (Å²) in [4.78, 5) is 23.5. The lowest BCUT2D eigenvalue weighted by molar-refractivity contribution is -0.151. The van der Waals surface area contributed by atoms with E-state index in [1.54, 1.807) is 0 Å². The van der Waals surface area contributed by atoms with Gasteiger partial charge in [-0.05, 0) is 25.7 Å². The smallest absolute Gasteiger partial charge is 0.309 e. The van der Waals surface area contributed by atoms with Crippen molar-refractivity contribution in [3.05, 3.63) is 0 Å². The van der Waals surface area contributed by atoms with Gasteiger partial charge in [-0.25, -0.2) is 0 Å². The van der Waals surface area contributed by atoms with Crippen LogP contribution in [0.5, 0.6) is 0 Å². The molecule has 0 aromatic heterocycles. The van der Waals surface area contributed by atoms with Gasteiger partial charge in [-0.2, -0.15) is 0 Å². The second kappa shape index (κ2) is 29.4. The van der Waals surface area contributed by atoms with Crippen molar-refractivity contribution < 1.29 is 19.8 Å². The van der Waals surface area contributed by atoms with Crippen molar-refractivity contribution in [2.24, 2.45) is 5.41 Å². The molecule has 0 saturated heterocycles. The standard InChI is InChI=1S/C36H70O4/c1-3-5-7-9-11-13-15-17-19-21-23-25-27-31-36(35(39)40,33-29-30-34(37)38)32-28-26-24-22-20-18-16-14-12-10-8-6-4-2/h3-33H2,1-2H3,(H,37,38)(H,39,40). The Morgan fingerprint density at radius 3 is 0.900 bits per heavy atom. The van der Waals surface area contributed by atoms with E-state index in [1.807, 2.05) is 0 Å². The molecule has 40 heavy (non-hydrogen) atoms. The van der Waals surface area contributed by atoms with Gasteiger partial charge in [0.05, 0.1) is 5.41 Å². The second-order valence-corrected chi connectivity index (χ2v) is 12.8. The van der Waals surface area contributed by atoms with E-state index in [0.717, 1.165) is 25.7 Å². The Kier molecular flexibility index (Phi) is 28.7. The lowest BCUT2D eigenvalue weighted by Gasteiger charge is -2.30. The maximum absolute atomic E-state index is 12.4. The van der Waals surface area contributed by atoms with Gasteiger partial charge in [0.2, 0.25) is 0 Å². The highest BCUT2D eigenvalue weighted by atomic mass is 16.4. The Bertz CT molecular complexity index is 529. The Morgan fingerprint density at radius 2 is 0.650 bits per heavy atom. The Hall–Kier alpha value is -1.06. The summed E-state index contributed by atoms with van der Waals surface area (Å²) in [6.07, 6.45) is 35.9. The monoisotopic (exact) mass is 567 g/mol. The van der Waals surface area contributed by atoms with Crippen LogP contribution in [0.25, 0.3) is 0 Å². The van der Waals surface area contributed by atoms with Crippen molar-refractivity contribution >= 4 is 11.9 Å². The Morgan fingerprint density at radius 1 is 0.400 bits per heavy atom. The molecule has 0 radical (unpaired) electrons. The minimum absolute atomic E-state index is 0.0756. The first kappa shape index (κ1) is 38.9. The van der Waals surface area contributed by atoms with Crippen LogP contribution in [0.1, 0.15) is 213 Å². The Balaban J connectivity index is 4.14. The van der Waals surface area contributed by atoms with Gasteiger partial charge in [-0.15, -0.1) is 0 Å². The highest BCUT2D eigenvalue weighted by Gasteiger charge is 2.36. The van der Waals surface area contributed by atoms with Gasteiger partial charge in [-0.1, -0.05) is 181 Å². The highest BCUT2D eigenvalue weighted by Crippen LogP contribution is 2.37. The molecule has 0 rings (SSSR count). The molecule has 0 unspecified atom stereocenters. The summed E-state index contributed by atoms with van der Waals surface area (Å²) in [5.74, 6) is -1.52. The molecule has 2 N–H and O–H groups in total. The maximum atomic E-state index is 12.4. The van der Waals surface area contributed by atoms with Crippen molar-refractivity contribution in [2.45, 2.75) is 213 Å². The average molecular weight is 567 g/mol. The quantitative estimate of drug-likeness (QED) is 0.0775. The first-order chi connectivity index (χ1) is 19.5. The van der Waals surface area contributed by atoms with Crippen LogP contribution < -0.4 is 0 Å². The fourth-order valence-corrected chi connectivity index (χ4v) is 6.24. The fraction of sp³-hybridized carbons (Fsp3) is 0.944. The van der Waals surface area contributed by atoms with Gasteiger partial charge in [-0.3, -0.25) is 9.59 Å². The minimum Gasteiger partial charge on any atom is -0.481 e. The first-order valence-electron chi connectivity index (χ1n) is 17.9. The zero-order valence-electron chi connectivity index (χ0n) is 27.1. The lowest BCUT2D eigenvalue weighted by Crippen LogP contribution is -2.31. The van der Waals surface area contributed by atoms with Crippen molar-refractivity contribution in [3.63, 3.8) is 0 Å². The van der Waals surface area contributed by atoms with Crippen LogP contribution in [-0.4, -0.2) is 22.2 Å². The molecule has 0 spiro atoms. The molecule has 0 aromatic carbocycles. The third kappa shape index (κ3) is 24.7. The zero-order valence-corrected chi connectivity index (χ0v) is 27.1. The molecule has 4 nitrogen and oxygen atoms in total. The zero-order chi connectivity index (χ0) is 29.6. The molecule has 0 fully saturated rings. The van der Waals surface area contributed by atoms with Crippen molar-refractivity contribution in [3.8, 4) is 0 Å². The van der Waals surface area contributed by atoms with Crippen LogP contribution in [0.2, 0.25) is 0 Å². The van der Waals surface area contributed by atoms with E-state index in [4.69, 9.17) is 5.11 Å². The van der Waals surface area contributed by atoms with Gasteiger partial charge in [0.1, 0.15) is 0 Å². The SMILES string of the molecule is CCCCCCCCCCCCCCCC(CCCCCCCCCCCCCCC)(CCCC(=O)O)C(=O)O. The summed E-state index contributed by atoms with van der Waals surface area (Å²) in [5, 5.41) is 19.3. The number of carboxylic acids is 2. The van der Waals surface area contributed by atoms with Gasteiger partial charge in [0.15, 0.2) is 0 Å². The topological polar surface area (TPSA) is 74.6 Å². The maximum Gasteiger partial charge on any atom is 0.309 e. The van der Waals surface area contributed by atoms with E-state index in [9.17, 15) is 14.7 Å². The van der Waals surface area contributed by atoms with Crippen molar-refractivity contribution in [1.29, 1.82) is 0 Å². The number of carboxylic acid groups (broad SMARTS) is 2. The minimum atomic E-state index is -0.818. The summed E-state index contributed by atoms with van der Waals surface area (Å²) in [6, 6.07) is 0. The van der Waals surface area contributed by atoms with Crippen molar-refractivity contribution in [1.82, 2.24) is 0 Å². The molecule has 0 aliphatic heterocycles. The molecule has 0 amide bonds. The predicted molar refractivity (Wildman–Crippen MR) is 172 cm³/mol. The molecule has 0 aliphatic carbocycles. The summed E-state index contributed by atoms with van der Waals surface area (Å²) in [5.41, 5.74) is -0.731. The summed E-state index contributed by atoms with van der Waals surface area (Å²) in [7, 11) is 0. The fourth-order valence-electron chi connectivity index (χ4n) is 6.24. The summed E-state index contributed by atoms with van der Waals surface area (Å²) in [6.45, 7) is 4.53. The van der Waals surface area contributed by atoms with E-state index in [1.165, 1.54) is 141 Å². The number of carbonyl (C=O) groups is 2. The normalized spacial score (nSPS) is 11.8. The second-order valence-electron chi connectivity index (χ2n) is 12.8. The Labute approximate surface area is 249 Å². The molecular formula is C36H70O4. The van der Waals surface area contributed by atoms with Gasteiger partial charge >= 0.3 is 11.9 Å². The third-order valence-electron chi connectivity index (χ3n) is 9.02. The first-order valence-corrected chi connectivity index (χ1v) is 17.9. The van der Waals surface area contributed by atoms with E-state index in [2.05, 4.69) is 13.8 Å². The number of rotatable bonds is 33. The molecule has 0 atom stereocenters. The van der Waals surface area contributed by atoms with Crippen LogP contribution in [0.4, 0.5) is 0 Å². The molecule has 0 aliphatic rings. The van der Waals surface area contributed by atoms with Gasteiger partial charge in [0.25, 0.3) is 0 Å². The van der Waals surface area contributed by atoms with E-state index >= 15 is 0 Å². The predicted octanol–water partition coefficient (Wildman–Crippen LogP) is 12.3. The largest absolute Gasteiger partial charge is 0.481 e. The van der Waals surface area contributed by atoms with Crippen LogP contribution >= 0.6 is 0 Å². The third-order valence-corrected chi connectivity index (χ3v) is 9.02. The summed E-state index contributed by atoms with van der Waals surface area (Å²) < 4.78 is 0. The number of unbranched alkanes of at least 4 members (excludes halogenated alkanes) is 24. The molecule has 0 aromatic rings. The highest BCUT2D eigenvalue weighted by molar-refractivity contribution is 5.74. The molecular weight excluding hydrogens is 496 g/mol. The summed E-state index contributed by atoms with van der Waals surface area (Å²) >= 11 is 0. The van der Waals surface area contributed by atoms with E-state index in [0.29, 0.717) is 25.7 Å². The lowest BCUT2D eigenvalue weighted by atomic mass is 9.74. The number of hydrogen-bond donors (Lipinski definition) is 2. The van der Waals surface area contributed by atoms with E-state index < -0.39 is 17.4 Å². The molecule has 238 valence electrons. The molecule has 0 saturated carbocycles. The van der Waals surface area contributed by atoms with Crippen LogP contribution in [-0.2, 0) is 9.59 Å². The van der Waals surface area contributed by atoms with Crippen LogP contribution in [0.15, 0.2) is 0 Å². The molecule has 0 bridgehead atoms. The van der Waals surface area contributed by atoms with Crippen molar-refractivity contribution in [2.75, 3.05) is 0 Å². The molecule has 4 heteroatoms.